The van der Waals surface area contributed by atoms with E-state index in [4.69, 9.17) is 4.98 Å². The van der Waals surface area contributed by atoms with Crippen LogP contribution in [0.2, 0.25) is 0 Å². The van der Waals surface area contributed by atoms with E-state index in [0.717, 1.165) is 27.6 Å². The summed E-state index contributed by atoms with van der Waals surface area (Å²) in [4.78, 5) is 23.2. The zero-order chi connectivity index (χ0) is 20.3. The van der Waals surface area contributed by atoms with Gasteiger partial charge in [-0.2, -0.15) is 0 Å². The predicted molar refractivity (Wildman–Crippen MR) is 122 cm³/mol. The number of hydrogen-bond donors (Lipinski definition) is 0. The van der Waals surface area contributed by atoms with E-state index in [9.17, 15) is 4.79 Å². The van der Waals surface area contributed by atoms with Crippen LogP contribution in [-0.4, -0.2) is 48.7 Å². The van der Waals surface area contributed by atoms with Crippen LogP contribution in [0, 0.1) is 13.8 Å². The number of thiazole rings is 1. The van der Waals surface area contributed by atoms with Gasteiger partial charge in [0.15, 0.2) is 5.13 Å². The van der Waals surface area contributed by atoms with E-state index in [1.54, 1.807) is 23.1 Å². The minimum Gasteiger partial charge on any atom is -0.308 e. The minimum atomic E-state index is 0.00222. The van der Waals surface area contributed by atoms with E-state index in [1.165, 1.54) is 16.0 Å². The Hall–Kier alpha value is -1.89. The molecule has 0 bridgehead atoms. The Morgan fingerprint density at radius 1 is 1.07 bits per heavy atom. The number of aryl methyl sites for hydroxylation is 2. The second-order valence-corrected chi connectivity index (χ2v) is 9.46. The molecule has 0 radical (unpaired) electrons. The van der Waals surface area contributed by atoms with E-state index >= 15 is 0 Å². The molecule has 0 aliphatic carbocycles. The van der Waals surface area contributed by atoms with Gasteiger partial charge in [-0.25, -0.2) is 4.98 Å². The third kappa shape index (κ3) is 4.74. The van der Waals surface area contributed by atoms with E-state index in [1.807, 2.05) is 43.3 Å². The normalized spacial score (nSPS) is 11.4. The highest BCUT2D eigenvalue weighted by molar-refractivity contribution is 7.99. The van der Waals surface area contributed by atoms with Crippen LogP contribution in [0.4, 0.5) is 5.13 Å². The topological polar surface area (TPSA) is 36.4 Å². The first-order valence-electron chi connectivity index (χ1n) is 9.46. The van der Waals surface area contributed by atoms with Gasteiger partial charge in [-0.15, -0.1) is 11.8 Å². The molecule has 0 unspecified atom stereocenters. The minimum absolute atomic E-state index is 0.00222. The fraction of sp³-hybridized carbons (Fsp3) is 0.364. The molecule has 0 aliphatic rings. The van der Waals surface area contributed by atoms with Crippen molar-refractivity contribution in [2.24, 2.45) is 0 Å². The first-order chi connectivity index (χ1) is 13.4. The highest BCUT2D eigenvalue weighted by atomic mass is 32.2. The lowest BCUT2D eigenvalue weighted by Gasteiger charge is -2.22. The first kappa shape index (κ1) is 20.8. The summed E-state index contributed by atoms with van der Waals surface area (Å²) in [5.41, 5.74) is 4.13. The third-order valence-corrected chi connectivity index (χ3v) is 6.59. The van der Waals surface area contributed by atoms with E-state index < -0.39 is 0 Å². The van der Waals surface area contributed by atoms with Crippen LogP contribution < -0.4 is 4.90 Å². The highest BCUT2D eigenvalue weighted by Gasteiger charge is 2.21. The summed E-state index contributed by atoms with van der Waals surface area (Å²) in [6, 6.07) is 12.2. The van der Waals surface area contributed by atoms with Gasteiger partial charge in [0.05, 0.1) is 10.2 Å². The number of aromatic nitrogens is 1. The third-order valence-electron chi connectivity index (χ3n) is 4.65. The van der Waals surface area contributed by atoms with E-state index in [2.05, 4.69) is 37.8 Å². The fourth-order valence-electron chi connectivity index (χ4n) is 2.88. The summed E-state index contributed by atoms with van der Waals surface area (Å²) < 4.78 is 1.12. The number of rotatable bonds is 7. The number of thioether (sulfide) groups is 1. The second kappa shape index (κ2) is 9.07. The van der Waals surface area contributed by atoms with Gasteiger partial charge in [-0.1, -0.05) is 18.3 Å². The van der Waals surface area contributed by atoms with Gasteiger partial charge in [0, 0.05) is 23.5 Å². The van der Waals surface area contributed by atoms with Crippen molar-refractivity contribution in [3.63, 3.8) is 0 Å². The molecule has 1 amide bonds. The number of benzene rings is 2. The number of nitrogens with zero attached hydrogens (tertiary/aromatic N) is 3. The van der Waals surface area contributed by atoms with Crippen LogP contribution >= 0.6 is 23.1 Å². The molecule has 148 valence electrons. The molecule has 3 aromatic rings. The Bertz CT molecular complexity index is 925. The molecule has 0 fully saturated rings. The largest absolute Gasteiger partial charge is 0.308 e. The van der Waals surface area contributed by atoms with Crippen molar-refractivity contribution in [1.29, 1.82) is 0 Å². The molecule has 0 spiro atoms. The molecule has 0 saturated heterocycles. The number of carbonyl (C=O) groups excluding carboxylic acids is 1. The molecule has 0 N–H and O–H groups in total. The maximum absolute atomic E-state index is 13.3. The summed E-state index contributed by atoms with van der Waals surface area (Å²) in [5.74, 6) is 1.02. The fourth-order valence-corrected chi connectivity index (χ4v) is 4.62. The first-order valence-corrected chi connectivity index (χ1v) is 11.3. The quantitative estimate of drug-likeness (QED) is 0.497. The van der Waals surface area contributed by atoms with Crippen molar-refractivity contribution >= 4 is 44.4 Å². The van der Waals surface area contributed by atoms with Crippen LogP contribution in [0.3, 0.4) is 0 Å². The van der Waals surface area contributed by atoms with Gasteiger partial charge >= 0.3 is 0 Å². The van der Waals surface area contributed by atoms with Gasteiger partial charge in [-0.3, -0.25) is 9.69 Å². The van der Waals surface area contributed by atoms with E-state index in [0.29, 0.717) is 12.1 Å². The Balaban J connectivity index is 1.95. The highest BCUT2D eigenvalue weighted by Crippen LogP contribution is 2.31. The lowest BCUT2D eigenvalue weighted by molar-refractivity contribution is 0.0985. The Labute approximate surface area is 175 Å². The number of amides is 1. The second-order valence-electron chi connectivity index (χ2n) is 7.12. The summed E-state index contributed by atoms with van der Waals surface area (Å²) >= 11 is 3.36. The summed E-state index contributed by atoms with van der Waals surface area (Å²) in [6.45, 7) is 7.72. The standard InChI is InChI=1S/C22H27N3OS2/c1-6-27-18-9-7-17(8-10-18)21(26)25(12-11-24(4)5)22-23-19-13-15(2)16(3)14-20(19)28-22/h7-10,13-14H,6,11-12H2,1-5H3. The van der Waals surface area contributed by atoms with Gasteiger partial charge < -0.3 is 4.90 Å². The van der Waals surface area contributed by atoms with Crippen molar-refractivity contribution < 1.29 is 4.79 Å². The molecule has 1 aromatic heterocycles. The molecule has 2 aromatic carbocycles. The number of anilines is 1. The van der Waals surface area contributed by atoms with Gasteiger partial charge in [0.25, 0.3) is 5.91 Å². The Morgan fingerprint density at radius 2 is 1.75 bits per heavy atom. The lowest BCUT2D eigenvalue weighted by atomic mass is 10.1. The van der Waals surface area contributed by atoms with Gasteiger partial charge in [0.1, 0.15) is 0 Å². The van der Waals surface area contributed by atoms with Gasteiger partial charge in [0.2, 0.25) is 0 Å². The molecular weight excluding hydrogens is 386 g/mol. The summed E-state index contributed by atoms with van der Waals surface area (Å²) in [5, 5.41) is 0.763. The maximum Gasteiger partial charge on any atom is 0.260 e. The molecule has 4 nitrogen and oxygen atoms in total. The molecule has 28 heavy (non-hydrogen) atoms. The number of likely N-dealkylation sites (N-methyl/N-ethyl adjacent to an activating group) is 1. The van der Waals surface area contributed by atoms with Crippen molar-refractivity contribution in [3.8, 4) is 0 Å². The van der Waals surface area contributed by atoms with Crippen LogP contribution in [0.25, 0.3) is 10.2 Å². The molecule has 0 aliphatic heterocycles. The van der Waals surface area contributed by atoms with Crippen molar-refractivity contribution in [2.75, 3.05) is 37.8 Å². The van der Waals surface area contributed by atoms with Crippen LogP contribution in [0.15, 0.2) is 41.3 Å². The Kier molecular flexibility index (Phi) is 6.75. The monoisotopic (exact) mass is 413 g/mol. The SMILES string of the molecule is CCSc1ccc(C(=O)N(CCN(C)C)c2nc3cc(C)c(C)cc3s2)cc1. The summed E-state index contributed by atoms with van der Waals surface area (Å²) in [6.07, 6.45) is 0. The predicted octanol–water partition coefficient (Wildman–Crippen LogP) is 5.23. The maximum atomic E-state index is 13.3. The van der Waals surface area contributed by atoms with Crippen LogP contribution in [0.5, 0.6) is 0 Å². The number of hydrogen-bond acceptors (Lipinski definition) is 5. The molecule has 0 atom stereocenters. The zero-order valence-corrected chi connectivity index (χ0v) is 18.8. The van der Waals surface area contributed by atoms with Crippen molar-refractivity contribution in [1.82, 2.24) is 9.88 Å². The summed E-state index contributed by atoms with van der Waals surface area (Å²) in [7, 11) is 4.04. The van der Waals surface area contributed by atoms with Crippen LogP contribution in [-0.2, 0) is 0 Å². The lowest BCUT2D eigenvalue weighted by Crippen LogP contribution is -2.36. The van der Waals surface area contributed by atoms with E-state index in [-0.39, 0.29) is 5.91 Å². The number of fused-ring (bicyclic) bond motifs is 1. The molecule has 3 rings (SSSR count). The smallest absolute Gasteiger partial charge is 0.260 e. The van der Waals surface area contributed by atoms with Gasteiger partial charge in [-0.05, 0) is 81.2 Å². The molecule has 6 heteroatoms. The molecular formula is C22H27N3OS2. The Morgan fingerprint density at radius 3 is 2.39 bits per heavy atom. The zero-order valence-electron chi connectivity index (χ0n) is 17.2. The number of carbonyl (C=O) groups is 1. The molecule has 1 heterocycles. The van der Waals surface area contributed by atoms with Crippen molar-refractivity contribution in [3.05, 3.63) is 53.1 Å². The molecule has 0 saturated carbocycles. The van der Waals surface area contributed by atoms with Crippen molar-refractivity contribution in [2.45, 2.75) is 25.7 Å². The van der Waals surface area contributed by atoms with Crippen LogP contribution in [0.1, 0.15) is 28.4 Å². The average Bonchev–Trinajstić information content (AvgIpc) is 3.05. The average molecular weight is 414 g/mol.